The number of halogens is 2. The monoisotopic (exact) mass is 480 g/mol. The first-order valence-corrected chi connectivity index (χ1v) is 14.7. The van der Waals surface area contributed by atoms with Gasteiger partial charge in [0.05, 0.1) is 6.26 Å². The molecule has 2 aliphatic rings. The molecule has 1 aromatic heterocycles. The van der Waals surface area contributed by atoms with Crippen LogP contribution in [0.25, 0.3) is 0 Å². The van der Waals surface area contributed by atoms with Crippen LogP contribution in [-0.2, 0) is 22.4 Å². The predicted molar refractivity (Wildman–Crippen MR) is 104 cm³/mol. The van der Waals surface area contributed by atoms with Crippen LogP contribution in [0.2, 0.25) is 0 Å². The van der Waals surface area contributed by atoms with E-state index in [0.29, 0.717) is 0 Å². The zero-order chi connectivity index (χ0) is 17.0. The molecule has 0 amide bonds. The van der Waals surface area contributed by atoms with E-state index in [0.717, 1.165) is 23.5 Å². The Kier molecular flexibility index (Phi) is 11.3. The third-order valence-electron chi connectivity index (χ3n) is 5.17. The van der Waals surface area contributed by atoms with Gasteiger partial charge in [0.25, 0.3) is 0 Å². The molecule has 0 saturated heterocycles. The summed E-state index contributed by atoms with van der Waals surface area (Å²) in [6.07, 6.45) is 20.0. The Morgan fingerprint density at radius 3 is 2.00 bits per heavy atom. The van der Waals surface area contributed by atoms with Crippen LogP contribution in [-0.4, -0.2) is 11.3 Å². The van der Waals surface area contributed by atoms with Crippen molar-refractivity contribution in [3.05, 3.63) is 36.0 Å². The minimum absolute atomic E-state index is 0.0990. The third kappa shape index (κ3) is 7.52. The zero-order valence-electron chi connectivity index (χ0n) is 14.2. The van der Waals surface area contributed by atoms with Crippen molar-refractivity contribution in [2.24, 2.45) is 0 Å². The van der Waals surface area contributed by atoms with Gasteiger partial charge >= 0.3 is 35.0 Å². The molecule has 1 nitrogen and oxygen atoms in total. The van der Waals surface area contributed by atoms with Gasteiger partial charge in [0.2, 0.25) is 0 Å². The van der Waals surface area contributed by atoms with Gasteiger partial charge in [-0.05, 0) is 49.1 Å². The van der Waals surface area contributed by atoms with Gasteiger partial charge in [0.1, 0.15) is 5.76 Å². The number of hydrogen-bond acceptors (Lipinski definition) is 1. The average molecular weight is 482 g/mol. The Labute approximate surface area is 164 Å². The first kappa shape index (κ1) is 21.0. The van der Waals surface area contributed by atoms with E-state index in [4.69, 9.17) is 23.5 Å². The van der Waals surface area contributed by atoms with E-state index >= 15 is 0 Å². The van der Waals surface area contributed by atoms with Crippen LogP contribution >= 0.6 is 27.0 Å². The van der Waals surface area contributed by atoms with Crippen molar-refractivity contribution in [3.8, 4) is 0 Å². The third-order valence-corrected chi connectivity index (χ3v) is 8.44. The Hall–Kier alpha value is 0.692. The van der Waals surface area contributed by atoms with Crippen LogP contribution in [0.4, 0.5) is 0 Å². The molecule has 5 heteroatoms. The van der Waals surface area contributed by atoms with Gasteiger partial charge in [-0.3, -0.25) is 0 Å². The summed E-state index contributed by atoms with van der Waals surface area (Å²) in [7, 11) is 9.73. The first-order valence-electron chi connectivity index (χ1n) is 9.14. The molecule has 0 atom stereocenters. The Morgan fingerprint density at radius 2 is 1.54 bits per heavy atom. The molecule has 0 aliphatic heterocycles. The second kappa shape index (κ2) is 13.0. The van der Waals surface area contributed by atoms with E-state index in [1.807, 2.05) is 6.07 Å². The van der Waals surface area contributed by atoms with Crippen LogP contribution in [0.3, 0.4) is 0 Å². The molecule has 2 aliphatic carbocycles. The molecule has 2 saturated carbocycles. The summed E-state index contributed by atoms with van der Waals surface area (Å²) in [5.41, 5.74) is 2.04. The summed E-state index contributed by atoms with van der Waals surface area (Å²) in [6, 6.07) is 4.09. The SMILES string of the molecule is C(=CP(C1CCCCC1)C1CCCCC1)Cc1ccco1.[Cl][Pd][Cl]. The molecule has 24 heavy (non-hydrogen) atoms. The fourth-order valence-electron chi connectivity index (χ4n) is 4.02. The van der Waals surface area contributed by atoms with Gasteiger partial charge in [0.15, 0.2) is 0 Å². The molecule has 0 bridgehead atoms. The van der Waals surface area contributed by atoms with Gasteiger partial charge in [-0.2, -0.15) is 0 Å². The van der Waals surface area contributed by atoms with E-state index in [9.17, 15) is 0 Å². The van der Waals surface area contributed by atoms with Gasteiger partial charge in [0, 0.05) is 6.42 Å². The van der Waals surface area contributed by atoms with Crippen molar-refractivity contribution in [2.75, 3.05) is 0 Å². The second-order valence-corrected chi connectivity index (χ2v) is 11.8. The summed E-state index contributed by atoms with van der Waals surface area (Å²) in [6.45, 7) is 0. The van der Waals surface area contributed by atoms with E-state index in [1.54, 1.807) is 6.26 Å². The quantitative estimate of drug-likeness (QED) is 0.308. The van der Waals surface area contributed by atoms with Crippen molar-refractivity contribution < 1.29 is 20.4 Å². The molecule has 0 spiro atoms. The Morgan fingerprint density at radius 1 is 1.00 bits per heavy atom. The number of furan rings is 1. The van der Waals surface area contributed by atoms with Gasteiger partial charge in [-0.25, -0.2) is 0 Å². The van der Waals surface area contributed by atoms with Crippen LogP contribution in [0.15, 0.2) is 34.7 Å². The zero-order valence-corrected chi connectivity index (χ0v) is 18.2. The Balaban J connectivity index is 0.000000647. The van der Waals surface area contributed by atoms with E-state index in [2.05, 4.69) is 18.0 Å². The maximum absolute atomic E-state index is 5.46. The number of allylic oxidation sites excluding steroid dienone is 1. The van der Waals surface area contributed by atoms with E-state index in [1.165, 1.54) is 64.2 Å². The molecule has 0 aromatic carbocycles. The fourth-order valence-corrected chi connectivity index (χ4v) is 7.37. The average Bonchev–Trinajstić information content (AvgIpc) is 3.14. The molecule has 140 valence electrons. The molecule has 1 aromatic rings. The fraction of sp³-hybridized carbons (Fsp3) is 0.684. The van der Waals surface area contributed by atoms with Crippen molar-refractivity contribution >= 4 is 27.0 Å². The Bertz CT molecular complexity index is 422. The van der Waals surface area contributed by atoms with Crippen molar-refractivity contribution in [1.82, 2.24) is 0 Å². The van der Waals surface area contributed by atoms with Gasteiger partial charge in [-0.15, -0.1) is 0 Å². The number of rotatable bonds is 5. The number of hydrogen-bond donors (Lipinski definition) is 0. The molecule has 0 radical (unpaired) electrons. The standard InChI is InChI=1S/C19H29OP.2ClH.Pd/c1-3-11-18(12-4-1)21(19-13-5-2-6-14-19)16-8-10-17-9-7-15-20-17;;;/h7-9,15-16,18-19H,1-6,10-14H2;2*1H;/q;;;+2/p-2. The second-order valence-electron chi connectivity index (χ2n) is 6.74. The van der Waals surface area contributed by atoms with Crippen molar-refractivity contribution in [3.63, 3.8) is 0 Å². The predicted octanol–water partition coefficient (Wildman–Crippen LogP) is 7.86. The molecule has 2 fully saturated rings. The normalized spacial score (nSPS) is 20.5. The summed E-state index contributed by atoms with van der Waals surface area (Å²) in [4.78, 5) is 0. The van der Waals surface area contributed by atoms with Crippen LogP contribution in [0.5, 0.6) is 0 Å². The van der Waals surface area contributed by atoms with Crippen LogP contribution in [0.1, 0.15) is 70.0 Å². The molecular weight excluding hydrogens is 453 g/mol. The minimum atomic E-state index is -0.106. The van der Waals surface area contributed by atoms with Crippen molar-refractivity contribution in [1.29, 1.82) is 0 Å². The van der Waals surface area contributed by atoms with E-state index < -0.39 is 0 Å². The van der Waals surface area contributed by atoms with Crippen LogP contribution in [0, 0.1) is 0 Å². The van der Waals surface area contributed by atoms with Crippen LogP contribution < -0.4 is 0 Å². The van der Waals surface area contributed by atoms with Gasteiger partial charge < -0.3 is 4.42 Å². The molecule has 0 unspecified atom stereocenters. The topological polar surface area (TPSA) is 13.1 Å². The molecule has 3 rings (SSSR count). The molecular formula is C19H29Cl2OPPd. The first-order chi connectivity index (χ1) is 11.8. The molecule has 0 N–H and O–H groups in total. The maximum atomic E-state index is 5.46. The van der Waals surface area contributed by atoms with Crippen molar-refractivity contribution in [2.45, 2.75) is 81.9 Å². The molecule has 1 heterocycles. The summed E-state index contributed by atoms with van der Waals surface area (Å²) in [5.74, 6) is 3.73. The van der Waals surface area contributed by atoms with Gasteiger partial charge in [-0.1, -0.05) is 58.3 Å². The summed E-state index contributed by atoms with van der Waals surface area (Å²) >= 11 is -0.106. The summed E-state index contributed by atoms with van der Waals surface area (Å²) in [5, 5.41) is 0. The van der Waals surface area contributed by atoms with E-state index in [-0.39, 0.29) is 23.9 Å². The summed E-state index contributed by atoms with van der Waals surface area (Å²) < 4.78 is 5.46.